The van der Waals surface area contributed by atoms with Crippen LogP contribution in [0.1, 0.15) is 0 Å². The molecule has 2 saturated heterocycles. The highest BCUT2D eigenvalue weighted by Crippen LogP contribution is 2.36. The molecule has 4 rings (SSSR count). The lowest BCUT2D eigenvalue weighted by atomic mass is 10.1. The largest absolute Gasteiger partial charge is 0.495 e. The lowest BCUT2D eigenvalue weighted by molar-refractivity contribution is -0.136. The SMILES string of the molecule is C=CCN1C(=O)C2C(N=C3N(c4ccccc4OC)CCN32)N(C)C1=O. The first-order chi connectivity index (χ1) is 12.6. The maximum atomic E-state index is 12.9. The fraction of sp³-hybridized carbons (Fsp3) is 0.389. The second-order valence-corrected chi connectivity index (χ2v) is 6.44. The molecule has 136 valence electrons. The summed E-state index contributed by atoms with van der Waals surface area (Å²) in [6.07, 6.45) is 1.05. The van der Waals surface area contributed by atoms with Crippen molar-refractivity contribution >= 4 is 23.6 Å². The predicted molar refractivity (Wildman–Crippen MR) is 97.1 cm³/mol. The number of hydrogen-bond acceptors (Lipinski definition) is 6. The van der Waals surface area contributed by atoms with Gasteiger partial charge in [-0.05, 0) is 12.1 Å². The molecule has 0 aromatic heterocycles. The van der Waals surface area contributed by atoms with Crippen LogP contribution >= 0.6 is 0 Å². The van der Waals surface area contributed by atoms with Crippen molar-refractivity contribution in [3.63, 3.8) is 0 Å². The maximum Gasteiger partial charge on any atom is 0.328 e. The Bertz CT molecular complexity index is 808. The average Bonchev–Trinajstić information content (AvgIpc) is 3.22. The summed E-state index contributed by atoms with van der Waals surface area (Å²) in [7, 11) is 3.31. The van der Waals surface area contributed by atoms with E-state index >= 15 is 0 Å². The van der Waals surface area contributed by atoms with Crippen LogP contribution in [0.5, 0.6) is 5.75 Å². The second-order valence-electron chi connectivity index (χ2n) is 6.44. The van der Waals surface area contributed by atoms with Gasteiger partial charge in [0.25, 0.3) is 5.91 Å². The Morgan fingerprint density at radius 3 is 2.81 bits per heavy atom. The van der Waals surface area contributed by atoms with Gasteiger partial charge in [-0.25, -0.2) is 9.79 Å². The smallest absolute Gasteiger partial charge is 0.328 e. The van der Waals surface area contributed by atoms with Crippen LogP contribution in [-0.2, 0) is 4.79 Å². The van der Waals surface area contributed by atoms with Crippen LogP contribution in [0.25, 0.3) is 0 Å². The van der Waals surface area contributed by atoms with Crippen molar-refractivity contribution in [1.82, 2.24) is 14.7 Å². The Morgan fingerprint density at radius 2 is 2.08 bits per heavy atom. The Morgan fingerprint density at radius 1 is 1.31 bits per heavy atom. The Labute approximate surface area is 151 Å². The summed E-state index contributed by atoms with van der Waals surface area (Å²) in [6.45, 7) is 5.21. The molecule has 2 atom stereocenters. The molecule has 2 fully saturated rings. The van der Waals surface area contributed by atoms with Gasteiger partial charge < -0.3 is 19.4 Å². The fourth-order valence-electron chi connectivity index (χ4n) is 3.81. The monoisotopic (exact) mass is 355 g/mol. The van der Waals surface area contributed by atoms with Crippen LogP contribution < -0.4 is 9.64 Å². The number of carbonyl (C=O) groups excluding carboxylic acids is 2. The number of guanidine groups is 1. The fourth-order valence-corrected chi connectivity index (χ4v) is 3.81. The van der Waals surface area contributed by atoms with Crippen molar-refractivity contribution in [2.45, 2.75) is 12.2 Å². The molecule has 3 aliphatic rings. The number of benzene rings is 1. The summed E-state index contributed by atoms with van der Waals surface area (Å²) >= 11 is 0. The Balaban J connectivity index is 1.70. The van der Waals surface area contributed by atoms with Crippen LogP contribution in [0.15, 0.2) is 41.9 Å². The number of para-hydroxylation sites is 2. The standard InChI is InChI=1S/C18H21N5O3/c1-4-9-23-16(24)14-15(20(2)18(23)25)19-17-21(10-11-22(14)17)12-7-5-6-8-13(12)26-3/h4-8,14-15H,1,9-11H2,2-3H3. The number of methoxy groups -OCH3 is 1. The lowest BCUT2D eigenvalue weighted by Gasteiger charge is -2.40. The molecule has 3 amide bonds. The third-order valence-corrected chi connectivity index (χ3v) is 5.06. The van der Waals surface area contributed by atoms with Gasteiger partial charge >= 0.3 is 6.03 Å². The molecule has 1 aromatic carbocycles. The van der Waals surface area contributed by atoms with Crippen molar-refractivity contribution in [1.29, 1.82) is 0 Å². The molecule has 0 saturated carbocycles. The van der Waals surface area contributed by atoms with Gasteiger partial charge in [-0.15, -0.1) is 6.58 Å². The highest BCUT2D eigenvalue weighted by molar-refractivity contribution is 6.08. The Hall–Kier alpha value is -3.03. The highest BCUT2D eigenvalue weighted by Gasteiger charge is 2.54. The molecule has 26 heavy (non-hydrogen) atoms. The van der Waals surface area contributed by atoms with E-state index in [9.17, 15) is 9.59 Å². The Kier molecular flexibility index (Phi) is 3.82. The summed E-state index contributed by atoms with van der Waals surface area (Å²) in [5.41, 5.74) is 0.902. The number of anilines is 1. The lowest BCUT2D eigenvalue weighted by Crippen LogP contribution is -2.64. The van der Waals surface area contributed by atoms with Gasteiger partial charge in [0.1, 0.15) is 5.75 Å². The zero-order valence-corrected chi connectivity index (χ0v) is 14.8. The molecule has 0 aliphatic carbocycles. The molecule has 3 heterocycles. The van der Waals surface area contributed by atoms with Gasteiger partial charge in [-0.1, -0.05) is 18.2 Å². The topological polar surface area (TPSA) is 68.7 Å². The summed E-state index contributed by atoms with van der Waals surface area (Å²) < 4.78 is 5.47. The highest BCUT2D eigenvalue weighted by atomic mass is 16.5. The van der Waals surface area contributed by atoms with Crippen LogP contribution in [0.4, 0.5) is 10.5 Å². The van der Waals surface area contributed by atoms with Crippen LogP contribution in [0.3, 0.4) is 0 Å². The zero-order valence-electron chi connectivity index (χ0n) is 14.8. The first-order valence-electron chi connectivity index (χ1n) is 8.52. The molecular formula is C18H21N5O3. The number of aliphatic imine (C=N–C) groups is 1. The van der Waals surface area contributed by atoms with Crippen molar-refractivity contribution < 1.29 is 14.3 Å². The van der Waals surface area contributed by atoms with Gasteiger partial charge in [0.05, 0.1) is 12.8 Å². The van der Waals surface area contributed by atoms with E-state index in [0.29, 0.717) is 19.0 Å². The van der Waals surface area contributed by atoms with E-state index in [1.54, 1.807) is 20.2 Å². The number of hydrogen-bond donors (Lipinski definition) is 0. The second kappa shape index (κ2) is 6.05. The van der Waals surface area contributed by atoms with Crippen molar-refractivity contribution in [2.24, 2.45) is 4.99 Å². The average molecular weight is 355 g/mol. The quantitative estimate of drug-likeness (QED) is 0.753. The van der Waals surface area contributed by atoms with E-state index < -0.39 is 12.2 Å². The van der Waals surface area contributed by atoms with E-state index in [-0.39, 0.29) is 18.5 Å². The number of imide groups is 1. The number of urea groups is 1. The molecule has 0 radical (unpaired) electrons. The maximum absolute atomic E-state index is 12.9. The van der Waals surface area contributed by atoms with Gasteiger partial charge in [0, 0.05) is 26.7 Å². The van der Waals surface area contributed by atoms with Crippen molar-refractivity contribution in [3.8, 4) is 5.75 Å². The van der Waals surface area contributed by atoms with E-state index in [1.807, 2.05) is 34.1 Å². The third-order valence-electron chi connectivity index (χ3n) is 5.06. The van der Waals surface area contributed by atoms with E-state index in [2.05, 4.69) is 6.58 Å². The molecule has 0 bridgehead atoms. The molecule has 2 unspecified atom stereocenters. The van der Waals surface area contributed by atoms with Gasteiger partial charge in [-0.3, -0.25) is 9.69 Å². The van der Waals surface area contributed by atoms with Gasteiger partial charge in [-0.2, -0.15) is 0 Å². The first kappa shape index (κ1) is 16.4. The van der Waals surface area contributed by atoms with Crippen LogP contribution in [0, 0.1) is 0 Å². The van der Waals surface area contributed by atoms with Crippen molar-refractivity contribution in [2.75, 3.05) is 38.7 Å². The van der Waals surface area contributed by atoms with E-state index in [0.717, 1.165) is 11.4 Å². The van der Waals surface area contributed by atoms with Gasteiger partial charge in [0.15, 0.2) is 12.2 Å². The number of ether oxygens (including phenoxy) is 1. The number of carbonyl (C=O) groups is 2. The van der Waals surface area contributed by atoms with E-state index in [1.165, 1.54) is 9.80 Å². The number of fused-ring (bicyclic) bond motifs is 3. The summed E-state index contributed by atoms with van der Waals surface area (Å²) in [6, 6.07) is 6.88. The molecular weight excluding hydrogens is 334 g/mol. The molecule has 8 heteroatoms. The van der Waals surface area contributed by atoms with Crippen LogP contribution in [0.2, 0.25) is 0 Å². The molecule has 8 nitrogen and oxygen atoms in total. The third kappa shape index (κ3) is 2.18. The molecule has 1 aromatic rings. The van der Waals surface area contributed by atoms with Crippen LogP contribution in [-0.4, -0.2) is 78.6 Å². The normalized spacial score (nSPS) is 24.6. The minimum Gasteiger partial charge on any atom is -0.495 e. The number of rotatable bonds is 4. The zero-order chi connectivity index (χ0) is 18.4. The molecule has 0 spiro atoms. The number of amides is 3. The molecule has 0 N–H and O–H groups in total. The summed E-state index contributed by atoms with van der Waals surface area (Å²) in [5, 5.41) is 0. The number of likely N-dealkylation sites (N-methyl/N-ethyl adjacent to an activating group) is 1. The molecule has 3 aliphatic heterocycles. The predicted octanol–water partition coefficient (Wildman–Crippen LogP) is 0.962. The number of nitrogens with zero attached hydrogens (tertiary/aromatic N) is 5. The van der Waals surface area contributed by atoms with Crippen molar-refractivity contribution in [3.05, 3.63) is 36.9 Å². The minimum atomic E-state index is -0.511. The summed E-state index contributed by atoms with van der Waals surface area (Å²) in [5.74, 6) is 1.23. The summed E-state index contributed by atoms with van der Waals surface area (Å²) in [4.78, 5) is 37.0. The first-order valence-corrected chi connectivity index (χ1v) is 8.52. The van der Waals surface area contributed by atoms with Gasteiger partial charge in [0.2, 0.25) is 5.96 Å². The minimum absolute atomic E-state index is 0.199. The van der Waals surface area contributed by atoms with E-state index in [4.69, 9.17) is 9.73 Å².